The van der Waals surface area contributed by atoms with Crippen LogP contribution in [0.1, 0.15) is 34.9 Å². The highest BCUT2D eigenvalue weighted by Gasteiger charge is 2.31. The number of azo groups is 1. The van der Waals surface area contributed by atoms with Crippen LogP contribution in [0, 0.1) is 0 Å². The topological polar surface area (TPSA) is 64.1 Å². The molecule has 0 saturated heterocycles. The minimum absolute atomic E-state index is 0.0601. The van der Waals surface area contributed by atoms with Crippen molar-refractivity contribution in [3.8, 4) is 11.4 Å². The summed E-state index contributed by atoms with van der Waals surface area (Å²) >= 11 is 5.33. The molecule has 0 spiro atoms. The molecular weight excluding hydrogens is 535 g/mol. The monoisotopic (exact) mass is 555 g/mol. The number of aliphatic imine (C=N–C) groups is 1. The molecule has 3 aliphatic rings. The van der Waals surface area contributed by atoms with Gasteiger partial charge in [-0.1, -0.05) is 54.6 Å². The Labute approximate surface area is 233 Å². The number of nitrogens with zero attached hydrogens (tertiary/aromatic N) is 5. The van der Waals surface area contributed by atoms with Crippen LogP contribution in [0.5, 0.6) is 5.75 Å². The third-order valence-corrected chi connectivity index (χ3v) is 6.72. The number of allylic oxidation sites excluding steroid dienone is 7. The van der Waals surface area contributed by atoms with E-state index in [4.69, 9.17) is 12.2 Å². The Kier molecular flexibility index (Phi) is 6.69. The van der Waals surface area contributed by atoms with Gasteiger partial charge in [0, 0.05) is 23.6 Å². The maximum absolute atomic E-state index is 12.5. The molecule has 40 heavy (non-hydrogen) atoms. The highest BCUT2D eigenvalue weighted by molar-refractivity contribution is 7.80. The van der Waals surface area contributed by atoms with Crippen molar-refractivity contribution in [2.45, 2.75) is 18.7 Å². The number of ether oxygens (including phenoxy) is 1. The van der Waals surface area contributed by atoms with Crippen LogP contribution in [-0.2, 0) is 0 Å². The van der Waals surface area contributed by atoms with Crippen LogP contribution in [0.25, 0.3) is 17.8 Å². The Morgan fingerprint density at radius 3 is 2.70 bits per heavy atom. The summed E-state index contributed by atoms with van der Waals surface area (Å²) in [6.07, 6.45) is 13.3. The van der Waals surface area contributed by atoms with Crippen molar-refractivity contribution in [1.29, 1.82) is 0 Å². The minimum Gasteiger partial charge on any atom is -0.406 e. The zero-order valence-electron chi connectivity index (χ0n) is 20.8. The van der Waals surface area contributed by atoms with Crippen LogP contribution in [0.15, 0.2) is 118 Å². The van der Waals surface area contributed by atoms with Gasteiger partial charge < -0.3 is 4.74 Å². The summed E-state index contributed by atoms with van der Waals surface area (Å²) in [6, 6.07) is 13.7. The summed E-state index contributed by atoms with van der Waals surface area (Å²) in [5, 5.41) is 8.40. The number of aromatic nitrogens is 2. The zero-order chi connectivity index (χ0) is 27.7. The minimum atomic E-state index is -4.73. The molecule has 2 aromatic carbocycles. The van der Waals surface area contributed by atoms with Gasteiger partial charge >= 0.3 is 6.36 Å². The van der Waals surface area contributed by atoms with Gasteiger partial charge in [0.25, 0.3) is 0 Å². The first-order valence-corrected chi connectivity index (χ1v) is 12.7. The average Bonchev–Trinajstić information content (AvgIpc) is 3.37. The highest BCUT2D eigenvalue weighted by Crippen LogP contribution is 2.38. The molecule has 0 aliphatic heterocycles. The molecule has 6 rings (SSSR count). The highest BCUT2D eigenvalue weighted by atomic mass is 32.1. The Hall–Kier alpha value is -4.70. The smallest absolute Gasteiger partial charge is 0.406 e. The Balaban J connectivity index is 1.16. The maximum Gasteiger partial charge on any atom is 0.573 e. The lowest BCUT2D eigenvalue weighted by molar-refractivity contribution is -0.274. The number of thiocarbonyl (C=S) groups is 1. The van der Waals surface area contributed by atoms with Gasteiger partial charge in [-0.3, -0.25) is 4.57 Å². The summed E-state index contributed by atoms with van der Waals surface area (Å²) in [6.45, 7) is 0. The molecular formula is C30H20F3N5OS. The molecule has 1 atom stereocenters. The van der Waals surface area contributed by atoms with E-state index in [2.05, 4.69) is 31.0 Å². The fraction of sp³-hybridized carbons (Fsp3) is 0.100. The lowest BCUT2D eigenvalue weighted by atomic mass is 9.84. The van der Waals surface area contributed by atoms with Crippen molar-refractivity contribution in [2.75, 3.05) is 0 Å². The van der Waals surface area contributed by atoms with Crippen molar-refractivity contribution in [3.63, 3.8) is 0 Å². The number of rotatable bonds is 3. The van der Waals surface area contributed by atoms with E-state index in [1.165, 1.54) is 12.1 Å². The second-order valence-corrected chi connectivity index (χ2v) is 9.49. The first kappa shape index (κ1) is 25.6. The van der Waals surface area contributed by atoms with Gasteiger partial charge in [0.2, 0.25) is 5.11 Å². The van der Waals surface area contributed by atoms with E-state index < -0.39 is 6.36 Å². The van der Waals surface area contributed by atoms with Crippen LogP contribution < -0.4 is 4.74 Å². The molecule has 10 heteroatoms. The fourth-order valence-electron chi connectivity index (χ4n) is 4.80. The Morgan fingerprint density at radius 1 is 1.05 bits per heavy atom. The zero-order valence-corrected chi connectivity index (χ0v) is 21.6. The molecule has 0 N–H and O–H groups in total. The Morgan fingerprint density at radius 2 is 1.88 bits per heavy atom. The molecule has 0 saturated carbocycles. The molecule has 198 valence electrons. The summed E-state index contributed by atoms with van der Waals surface area (Å²) < 4.78 is 43.2. The standard InChI is InChI=1S/C30H20F3N5OS/c31-30(32,33)39-23-12-10-22(11-13-23)38-18-34-28-25-14-8-19(16-21(25)9-15-27(28)38)17-35-37-29(40)36-26-7-3-5-20-4-1-2-6-24(20)26/h1-6,8-18,25H,7H2/b19-17+,36-26-,37-35-. The number of benzene rings is 2. The number of alkyl halides is 3. The van der Waals surface area contributed by atoms with Gasteiger partial charge in [0.1, 0.15) is 12.1 Å². The molecule has 0 amide bonds. The number of fused-ring (bicyclic) bond motifs is 4. The van der Waals surface area contributed by atoms with Crippen LogP contribution >= 0.6 is 12.2 Å². The molecule has 1 aromatic heterocycles. The van der Waals surface area contributed by atoms with E-state index in [9.17, 15) is 13.2 Å². The van der Waals surface area contributed by atoms with Gasteiger partial charge in [-0.15, -0.1) is 18.3 Å². The second kappa shape index (κ2) is 10.5. The van der Waals surface area contributed by atoms with Crippen LogP contribution in [0.4, 0.5) is 13.2 Å². The van der Waals surface area contributed by atoms with Gasteiger partial charge in [-0.2, -0.15) is 5.11 Å². The van der Waals surface area contributed by atoms with Crippen molar-refractivity contribution >= 4 is 35.2 Å². The summed E-state index contributed by atoms with van der Waals surface area (Å²) in [5.41, 5.74) is 7.27. The molecule has 1 heterocycles. The van der Waals surface area contributed by atoms with Crippen LogP contribution in [0.2, 0.25) is 0 Å². The van der Waals surface area contributed by atoms with E-state index in [1.807, 2.05) is 65.3 Å². The van der Waals surface area contributed by atoms with E-state index >= 15 is 0 Å². The summed E-state index contributed by atoms with van der Waals surface area (Å²) in [7, 11) is 0. The largest absolute Gasteiger partial charge is 0.573 e. The van der Waals surface area contributed by atoms with E-state index in [1.54, 1.807) is 24.7 Å². The fourth-order valence-corrected chi connectivity index (χ4v) is 4.95. The molecule has 3 aliphatic carbocycles. The van der Waals surface area contributed by atoms with Gasteiger partial charge in [-0.05, 0) is 65.3 Å². The van der Waals surface area contributed by atoms with E-state index in [-0.39, 0.29) is 16.8 Å². The van der Waals surface area contributed by atoms with Crippen molar-refractivity contribution in [3.05, 3.63) is 125 Å². The van der Waals surface area contributed by atoms with E-state index in [0.29, 0.717) is 12.1 Å². The third kappa shape index (κ3) is 5.39. The van der Waals surface area contributed by atoms with Gasteiger partial charge in [0.15, 0.2) is 0 Å². The SMILES string of the molecule is FC(F)(F)Oc1ccc(-n2cnc3c2C=CC2=C/C(=C/N=N\C(=S)/N=C4/CC=Cc5ccccc54)C=CC23)cc1. The quantitative estimate of drug-likeness (QED) is 0.244. The normalized spacial score (nSPS) is 19.5. The number of hydrogen-bond acceptors (Lipinski definition) is 4. The van der Waals surface area contributed by atoms with E-state index in [0.717, 1.165) is 39.4 Å². The molecule has 0 fully saturated rings. The predicted molar refractivity (Wildman–Crippen MR) is 151 cm³/mol. The molecule has 0 radical (unpaired) electrons. The third-order valence-electron chi connectivity index (χ3n) is 6.55. The van der Waals surface area contributed by atoms with Crippen LogP contribution in [0.3, 0.4) is 0 Å². The predicted octanol–water partition coefficient (Wildman–Crippen LogP) is 7.90. The maximum atomic E-state index is 12.5. The summed E-state index contributed by atoms with van der Waals surface area (Å²) in [5.74, 6) is -0.336. The lowest BCUT2D eigenvalue weighted by Gasteiger charge is -2.22. The first-order chi connectivity index (χ1) is 19.3. The molecule has 6 nitrogen and oxygen atoms in total. The number of hydrogen-bond donors (Lipinski definition) is 0. The first-order valence-electron chi connectivity index (χ1n) is 12.3. The molecule has 0 bridgehead atoms. The van der Waals surface area contributed by atoms with Crippen LogP contribution in [-0.4, -0.2) is 26.7 Å². The van der Waals surface area contributed by atoms with Crippen molar-refractivity contribution < 1.29 is 17.9 Å². The lowest BCUT2D eigenvalue weighted by Crippen LogP contribution is -2.17. The van der Waals surface area contributed by atoms with Gasteiger partial charge in [-0.25, -0.2) is 9.98 Å². The average molecular weight is 556 g/mol. The molecule has 1 unspecified atom stereocenters. The second-order valence-electron chi connectivity index (χ2n) is 9.12. The number of imidazole rings is 1. The van der Waals surface area contributed by atoms with Crippen molar-refractivity contribution in [1.82, 2.24) is 9.55 Å². The number of halogens is 3. The molecule has 3 aromatic rings. The summed E-state index contributed by atoms with van der Waals surface area (Å²) in [4.78, 5) is 9.08. The van der Waals surface area contributed by atoms with Gasteiger partial charge in [0.05, 0.1) is 23.3 Å². The Bertz CT molecular complexity index is 1710. The van der Waals surface area contributed by atoms with Crippen molar-refractivity contribution in [2.24, 2.45) is 15.2 Å².